The molecule has 21 heavy (non-hydrogen) atoms. The second-order valence-electron chi connectivity index (χ2n) is 5.39. The van der Waals surface area contributed by atoms with Gasteiger partial charge in [0.05, 0.1) is 11.9 Å². The van der Waals surface area contributed by atoms with E-state index in [9.17, 15) is 13.2 Å². The zero-order valence-electron chi connectivity index (χ0n) is 12.6. The number of carbonyl (C=O) groups is 1. The molecule has 2 rings (SSSR count). The molecule has 0 aliphatic carbocycles. The molecule has 0 fully saturated rings. The molecule has 1 aromatic rings. The molecule has 0 aromatic heterocycles. The molecule has 1 amide bonds. The Hall–Kier alpha value is -1.56. The van der Waals surface area contributed by atoms with E-state index in [4.69, 9.17) is 0 Å². The molecule has 116 valence electrons. The van der Waals surface area contributed by atoms with Crippen molar-refractivity contribution in [1.82, 2.24) is 5.32 Å². The molecule has 1 N–H and O–H groups in total. The van der Waals surface area contributed by atoms with E-state index >= 15 is 0 Å². The fourth-order valence-corrected chi connectivity index (χ4v) is 3.53. The van der Waals surface area contributed by atoms with Crippen molar-refractivity contribution < 1.29 is 13.2 Å². The predicted molar refractivity (Wildman–Crippen MR) is 84.2 cm³/mol. The van der Waals surface area contributed by atoms with Gasteiger partial charge in [-0.3, -0.25) is 9.10 Å². The van der Waals surface area contributed by atoms with Gasteiger partial charge in [-0.05, 0) is 43.0 Å². The van der Waals surface area contributed by atoms with Crippen LogP contribution in [0.5, 0.6) is 0 Å². The van der Waals surface area contributed by atoms with Crippen molar-refractivity contribution in [2.45, 2.75) is 32.6 Å². The number of sulfonamides is 1. The number of anilines is 1. The molecular weight excluding hydrogens is 288 g/mol. The molecular formula is C15H22N2O3S. The summed E-state index contributed by atoms with van der Waals surface area (Å²) in [7, 11) is -3.26. The Labute approximate surface area is 126 Å². The molecule has 1 heterocycles. The van der Waals surface area contributed by atoms with Gasteiger partial charge in [-0.1, -0.05) is 13.3 Å². The van der Waals surface area contributed by atoms with Crippen LogP contribution in [0.4, 0.5) is 5.69 Å². The summed E-state index contributed by atoms with van der Waals surface area (Å²) < 4.78 is 25.0. The first-order chi connectivity index (χ1) is 9.93. The number of hydrogen-bond acceptors (Lipinski definition) is 3. The minimum absolute atomic E-state index is 0.0947. The number of fused-ring (bicyclic) bond motifs is 1. The van der Waals surface area contributed by atoms with Gasteiger partial charge in [0.2, 0.25) is 10.0 Å². The molecule has 0 atom stereocenters. The van der Waals surface area contributed by atoms with Crippen LogP contribution in [0.1, 0.15) is 42.1 Å². The Morgan fingerprint density at radius 2 is 2.14 bits per heavy atom. The molecule has 1 aromatic carbocycles. The van der Waals surface area contributed by atoms with E-state index in [1.165, 1.54) is 10.6 Å². The fraction of sp³-hybridized carbons (Fsp3) is 0.533. The van der Waals surface area contributed by atoms with E-state index in [1.54, 1.807) is 12.1 Å². The summed E-state index contributed by atoms with van der Waals surface area (Å²) in [5.74, 6) is -0.0947. The number of benzene rings is 1. The number of nitrogens with one attached hydrogen (secondary N) is 1. The van der Waals surface area contributed by atoms with Crippen LogP contribution in [0.2, 0.25) is 0 Å². The molecule has 0 saturated heterocycles. The number of aryl methyl sites for hydroxylation is 1. The van der Waals surface area contributed by atoms with Crippen LogP contribution in [0.15, 0.2) is 18.2 Å². The van der Waals surface area contributed by atoms with Gasteiger partial charge < -0.3 is 5.32 Å². The van der Waals surface area contributed by atoms with E-state index in [-0.39, 0.29) is 5.91 Å². The Balaban J connectivity index is 2.21. The van der Waals surface area contributed by atoms with Gasteiger partial charge in [-0.2, -0.15) is 0 Å². The van der Waals surface area contributed by atoms with Crippen LogP contribution in [-0.2, 0) is 16.4 Å². The lowest BCUT2D eigenvalue weighted by atomic mass is 10.0. The van der Waals surface area contributed by atoms with E-state index in [0.717, 1.165) is 31.2 Å². The quantitative estimate of drug-likeness (QED) is 0.845. The summed E-state index contributed by atoms with van der Waals surface area (Å²) in [6.45, 7) is 3.25. The van der Waals surface area contributed by atoms with Crippen LogP contribution in [0, 0.1) is 0 Å². The second-order valence-corrected chi connectivity index (χ2v) is 7.30. The van der Waals surface area contributed by atoms with Crippen molar-refractivity contribution in [3.63, 3.8) is 0 Å². The molecule has 1 aliphatic rings. The zero-order valence-corrected chi connectivity index (χ0v) is 13.4. The normalized spacial score (nSPS) is 14.7. The highest BCUT2D eigenvalue weighted by atomic mass is 32.2. The third kappa shape index (κ3) is 3.75. The lowest BCUT2D eigenvalue weighted by Gasteiger charge is -2.29. The van der Waals surface area contributed by atoms with Crippen molar-refractivity contribution in [3.05, 3.63) is 29.3 Å². The van der Waals surface area contributed by atoms with Crippen molar-refractivity contribution in [2.75, 3.05) is 23.7 Å². The predicted octanol–water partition coefficient (Wildman–Crippen LogP) is 1.93. The van der Waals surface area contributed by atoms with E-state index in [1.807, 2.05) is 6.07 Å². The average molecular weight is 310 g/mol. The van der Waals surface area contributed by atoms with Crippen LogP contribution in [-0.4, -0.2) is 33.7 Å². The topological polar surface area (TPSA) is 66.5 Å². The number of unbranched alkanes of at least 4 members (excludes halogenated alkanes) is 1. The van der Waals surface area contributed by atoms with Gasteiger partial charge in [0.25, 0.3) is 5.91 Å². The Morgan fingerprint density at radius 1 is 1.38 bits per heavy atom. The van der Waals surface area contributed by atoms with Crippen LogP contribution in [0.25, 0.3) is 0 Å². The summed E-state index contributed by atoms with van der Waals surface area (Å²) in [4.78, 5) is 12.0. The Bertz CT molecular complexity index is 626. The zero-order chi connectivity index (χ0) is 15.5. The van der Waals surface area contributed by atoms with Crippen molar-refractivity contribution in [2.24, 2.45) is 0 Å². The van der Waals surface area contributed by atoms with E-state index < -0.39 is 10.0 Å². The van der Waals surface area contributed by atoms with E-state index in [0.29, 0.717) is 24.3 Å². The Kier molecular flexibility index (Phi) is 4.88. The fourth-order valence-electron chi connectivity index (χ4n) is 2.53. The number of rotatable bonds is 5. The van der Waals surface area contributed by atoms with Gasteiger partial charge >= 0.3 is 0 Å². The molecule has 5 nitrogen and oxygen atoms in total. The van der Waals surface area contributed by atoms with Crippen LogP contribution >= 0.6 is 0 Å². The van der Waals surface area contributed by atoms with Gasteiger partial charge in [0.1, 0.15) is 0 Å². The first-order valence-corrected chi connectivity index (χ1v) is 9.17. The van der Waals surface area contributed by atoms with Crippen molar-refractivity contribution in [1.29, 1.82) is 0 Å². The maximum Gasteiger partial charge on any atom is 0.251 e. The molecule has 6 heteroatoms. The molecule has 0 saturated carbocycles. The van der Waals surface area contributed by atoms with Crippen molar-refractivity contribution >= 4 is 21.6 Å². The minimum Gasteiger partial charge on any atom is -0.352 e. The SMILES string of the molecule is CCCCNC(=O)c1ccc2c(c1)CCCN2S(C)(=O)=O. The van der Waals surface area contributed by atoms with Gasteiger partial charge in [-0.25, -0.2) is 8.42 Å². The highest BCUT2D eigenvalue weighted by Crippen LogP contribution is 2.29. The Morgan fingerprint density at radius 3 is 2.81 bits per heavy atom. The summed E-state index contributed by atoms with van der Waals surface area (Å²) in [6, 6.07) is 5.25. The maximum atomic E-state index is 12.0. The third-order valence-corrected chi connectivity index (χ3v) is 4.81. The summed E-state index contributed by atoms with van der Waals surface area (Å²) in [5.41, 5.74) is 2.23. The minimum atomic E-state index is -3.26. The van der Waals surface area contributed by atoms with Crippen LogP contribution in [0.3, 0.4) is 0 Å². The number of amides is 1. The second kappa shape index (κ2) is 6.47. The summed E-state index contributed by atoms with van der Waals surface area (Å²) in [6.07, 6.45) is 4.79. The van der Waals surface area contributed by atoms with Crippen molar-refractivity contribution in [3.8, 4) is 0 Å². The molecule has 0 unspecified atom stereocenters. The van der Waals surface area contributed by atoms with E-state index in [2.05, 4.69) is 12.2 Å². The smallest absolute Gasteiger partial charge is 0.251 e. The number of hydrogen-bond donors (Lipinski definition) is 1. The number of nitrogens with zero attached hydrogens (tertiary/aromatic N) is 1. The summed E-state index contributed by atoms with van der Waals surface area (Å²) >= 11 is 0. The van der Waals surface area contributed by atoms with Crippen LogP contribution < -0.4 is 9.62 Å². The maximum absolute atomic E-state index is 12.0. The molecule has 1 aliphatic heterocycles. The molecule has 0 spiro atoms. The molecule has 0 bridgehead atoms. The van der Waals surface area contributed by atoms with Gasteiger partial charge in [-0.15, -0.1) is 0 Å². The highest BCUT2D eigenvalue weighted by Gasteiger charge is 2.24. The number of carbonyl (C=O) groups excluding carboxylic acids is 1. The monoisotopic (exact) mass is 310 g/mol. The largest absolute Gasteiger partial charge is 0.352 e. The first kappa shape index (κ1) is 15.8. The average Bonchev–Trinajstić information content (AvgIpc) is 2.45. The van der Waals surface area contributed by atoms with Gasteiger partial charge in [0, 0.05) is 18.7 Å². The molecule has 0 radical (unpaired) electrons. The lowest BCUT2D eigenvalue weighted by molar-refractivity contribution is 0.0953. The third-order valence-electron chi connectivity index (χ3n) is 3.63. The summed E-state index contributed by atoms with van der Waals surface area (Å²) in [5, 5.41) is 2.88. The highest BCUT2D eigenvalue weighted by molar-refractivity contribution is 7.92. The lowest BCUT2D eigenvalue weighted by Crippen LogP contribution is -2.34. The standard InChI is InChI=1S/C15H22N2O3S/c1-3-4-9-16-15(18)13-7-8-14-12(11-13)6-5-10-17(14)21(2,19)20/h7-8,11H,3-6,9-10H2,1-2H3,(H,16,18). The first-order valence-electron chi connectivity index (χ1n) is 7.32. The van der Waals surface area contributed by atoms with Gasteiger partial charge in [0.15, 0.2) is 0 Å².